The summed E-state index contributed by atoms with van der Waals surface area (Å²) in [5.41, 5.74) is 2.18. The van der Waals surface area contributed by atoms with Gasteiger partial charge in [0.05, 0.1) is 5.60 Å². The molecule has 0 amide bonds. The smallest absolute Gasteiger partial charge is 0.164 e. The molecule has 1 aromatic rings. The maximum absolute atomic E-state index is 11.9. The number of ketones is 1. The fourth-order valence-electron chi connectivity index (χ4n) is 3.33. The quantitative estimate of drug-likeness (QED) is 0.763. The highest BCUT2D eigenvalue weighted by atomic mass is 16.5. The van der Waals surface area contributed by atoms with Crippen LogP contribution in [-0.2, 0) is 11.2 Å². The number of ether oxygens (including phenoxy) is 1. The molecule has 0 saturated carbocycles. The Bertz CT molecular complexity index is 473. The number of hydrogen-bond donors (Lipinski definition) is 0. The van der Waals surface area contributed by atoms with Crippen LogP contribution in [0.2, 0.25) is 0 Å². The molecule has 98 valence electrons. The maximum Gasteiger partial charge on any atom is 0.164 e. The minimum atomic E-state index is -0.0429. The van der Waals surface area contributed by atoms with Crippen LogP contribution in [-0.4, -0.2) is 22.6 Å². The second-order valence-electron chi connectivity index (χ2n) is 6.11. The SMILES string of the molecule is CC1(C)CC(n2ccc3c2CCCC3=O)CCO1. The molecule has 3 rings (SSSR count). The van der Waals surface area contributed by atoms with E-state index in [1.54, 1.807) is 0 Å². The van der Waals surface area contributed by atoms with Gasteiger partial charge in [-0.1, -0.05) is 0 Å². The molecular formula is C15H21NO2. The van der Waals surface area contributed by atoms with E-state index in [1.807, 2.05) is 6.07 Å². The highest BCUT2D eigenvalue weighted by Gasteiger charge is 2.32. The first-order valence-corrected chi connectivity index (χ1v) is 6.94. The lowest BCUT2D eigenvalue weighted by Gasteiger charge is -2.37. The van der Waals surface area contributed by atoms with Crippen LogP contribution < -0.4 is 0 Å². The van der Waals surface area contributed by atoms with Crippen LogP contribution in [0, 0.1) is 0 Å². The predicted octanol–water partition coefficient (Wildman–Crippen LogP) is 3.14. The van der Waals surface area contributed by atoms with Gasteiger partial charge in [-0.2, -0.15) is 0 Å². The van der Waals surface area contributed by atoms with E-state index in [-0.39, 0.29) is 5.60 Å². The van der Waals surface area contributed by atoms with E-state index in [9.17, 15) is 4.79 Å². The molecule has 0 aromatic carbocycles. The van der Waals surface area contributed by atoms with Crippen molar-refractivity contribution in [2.75, 3.05) is 6.61 Å². The Hall–Kier alpha value is -1.09. The lowest BCUT2D eigenvalue weighted by atomic mass is 9.92. The molecule has 0 N–H and O–H groups in total. The Kier molecular flexibility index (Phi) is 2.81. The van der Waals surface area contributed by atoms with Gasteiger partial charge in [-0.3, -0.25) is 4.79 Å². The van der Waals surface area contributed by atoms with Crippen LogP contribution in [0.25, 0.3) is 0 Å². The lowest BCUT2D eigenvalue weighted by Crippen LogP contribution is -2.35. The fraction of sp³-hybridized carbons (Fsp3) is 0.667. The molecule has 2 heterocycles. The third-order valence-corrected chi connectivity index (χ3v) is 4.21. The van der Waals surface area contributed by atoms with Crippen LogP contribution in [0.4, 0.5) is 0 Å². The standard InChI is InChI=1S/C15H21NO2/c1-15(2)10-11(7-9-18-15)16-8-6-12-13(16)4-3-5-14(12)17/h6,8,11H,3-5,7,9-10H2,1-2H3. The van der Waals surface area contributed by atoms with Gasteiger partial charge >= 0.3 is 0 Å². The molecule has 1 atom stereocenters. The third-order valence-electron chi connectivity index (χ3n) is 4.21. The van der Waals surface area contributed by atoms with E-state index in [2.05, 4.69) is 24.6 Å². The number of carbonyl (C=O) groups excluding carboxylic acids is 1. The molecule has 1 unspecified atom stereocenters. The van der Waals surface area contributed by atoms with Gasteiger partial charge in [-0.05, 0) is 45.6 Å². The molecule has 0 bridgehead atoms. The summed E-state index contributed by atoms with van der Waals surface area (Å²) in [6.45, 7) is 5.12. The first-order valence-electron chi connectivity index (χ1n) is 6.94. The number of Topliss-reactive ketones (excluding diaryl/α,β-unsaturated/α-hetero) is 1. The minimum Gasteiger partial charge on any atom is -0.375 e. The summed E-state index contributed by atoms with van der Waals surface area (Å²) in [5, 5.41) is 0. The summed E-state index contributed by atoms with van der Waals surface area (Å²) in [7, 11) is 0. The minimum absolute atomic E-state index is 0.0429. The highest BCUT2D eigenvalue weighted by molar-refractivity contribution is 5.98. The van der Waals surface area contributed by atoms with Crippen LogP contribution in [0.3, 0.4) is 0 Å². The van der Waals surface area contributed by atoms with Crippen LogP contribution in [0.15, 0.2) is 12.3 Å². The second-order valence-corrected chi connectivity index (χ2v) is 6.11. The topological polar surface area (TPSA) is 31.2 Å². The van der Waals surface area contributed by atoms with Crippen molar-refractivity contribution in [3.63, 3.8) is 0 Å². The molecule has 18 heavy (non-hydrogen) atoms. The van der Waals surface area contributed by atoms with E-state index in [4.69, 9.17) is 4.74 Å². The lowest BCUT2D eigenvalue weighted by molar-refractivity contribution is -0.0693. The molecule has 2 aliphatic rings. The van der Waals surface area contributed by atoms with Crippen molar-refractivity contribution in [1.82, 2.24) is 4.57 Å². The van der Waals surface area contributed by atoms with Gasteiger partial charge in [-0.25, -0.2) is 0 Å². The first-order chi connectivity index (χ1) is 8.57. The summed E-state index contributed by atoms with van der Waals surface area (Å²) in [6.07, 6.45) is 6.96. The largest absolute Gasteiger partial charge is 0.375 e. The Labute approximate surface area is 108 Å². The normalized spacial score (nSPS) is 27.0. The number of aromatic nitrogens is 1. The molecule has 0 spiro atoms. The average Bonchev–Trinajstić information content (AvgIpc) is 2.73. The van der Waals surface area contributed by atoms with Gasteiger partial charge < -0.3 is 9.30 Å². The van der Waals surface area contributed by atoms with Crippen molar-refractivity contribution in [1.29, 1.82) is 0 Å². The number of fused-ring (bicyclic) bond motifs is 1. The van der Waals surface area contributed by atoms with E-state index < -0.39 is 0 Å². The summed E-state index contributed by atoms with van der Waals surface area (Å²) >= 11 is 0. The van der Waals surface area contributed by atoms with Gasteiger partial charge in [0, 0.05) is 36.5 Å². The molecule has 3 heteroatoms. The zero-order valence-corrected chi connectivity index (χ0v) is 11.2. The fourth-order valence-corrected chi connectivity index (χ4v) is 3.33. The van der Waals surface area contributed by atoms with Crippen molar-refractivity contribution < 1.29 is 9.53 Å². The summed E-state index contributed by atoms with van der Waals surface area (Å²) in [4.78, 5) is 11.9. The van der Waals surface area contributed by atoms with Gasteiger partial charge in [-0.15, -0.1) is 0 Å². The monoisotopic (exact) mass is 247 g/mol. The number of nitrogens with zero attached hydrogens (tertiary/aromatic N) is 1. The Balaban J connectivity index is 1.91. The number of rotatable bonds is 1. The summed E-state index contributed by atoms with van der Waals surface area (Å²) < 4.78 is 8.12. The van der Waals surface area contributed by atoms with Crippen molar-refractivity contribution in [2.45, 2.75) is 57.6 Å². The van der Waals surface area contributed by atoms with Gasteiger partial charge in [0.15, 0.2) is 5.78 Å². The maximum atomic E-state index is 11.9. The second kappa shape index (κ2) is 4.23. The predicted molar refractivity (Wildman–Crippen MR) is 70.0 cm³/mol. The molecule has 1 aliphatic heterocycles. The van der Waals surface area contributed by atoms with Gasteiger partial charge in [0.25, 0.3) is 0 Å². The molecule has 3 nitrogen and oxygen atoms in total. The van der Waals surface area contributed by atoms with Gasteiger partial charge in [0.1, 0.15) is 0 Å². The van der Waals surface area contributed by atoms with E-state index in [1.165, 1.54) is 5.69 Å². The average molecular weight is 247 g/mol. The van der Waals surface area contributed by atoms with Crippen LogP contribution in [0.5, 0.6) is 0 Å². The van der Waals surface area contributed by atoms with Crippen molar-refractivity contribution in [3.8, 4) is 0 Å². The third kappa shape index (κ3) is 2.01. The van der Waals surface area contributed by atoms with Crippen molar-refractivity contribution in [2.24, 2.45) is 0 Å². The summed E-state index contributed by atoms with van der Waals surface area (Å²) in [5.74, 6) is 0.321. The Morgan fingerprint density at radius 1 is 1.39 bits per heavy atom. The van der Waals surface area contributed by atoms with Crippen LogP contribution >= 0.6 is 0 Å². The zero-order chi connectivity index (χ0) is 12.8. The molecule has 1 aromatic heterocycles. The molecule has 1 saturated heterocycles. The van der Waals surface area contributed by atoms with E-state index >= 15 is 0 Å². The first kappa shape index (κ1) is 12.0. The number of carbonyl (C=O) groups is 1. The molecule has 1 aliphatic carbocycles. The summed E-state index contributed by atoms with van der Waals surface area (Å²) in [6, 6.07) is 2.50. The highest BCUT2D eigenvalue weighted by Crippen LogP contribution is 2.35. The van der Waals surface area contributed by atoms with E-state index in [0.717, 1.165) is 44.3 Å². The molecule has 1 fully saturated rings. The van der Waals surface area contributed by atoms with Crippen molar-refractivity contribution in [3.05, 3.63) is 23.5 Å². The molecule has 0 radical (unpaired) electrons. The zero-order valence-electron chi connectivity index (χ0n) is 11.2. The number of hydrogen-bond acceptors (Lipinski definition) is 2. The Morgan fingerprint density at radius 2 is 2.22 bits per heavy atom. The van der Waals surface area contributed by atoms with Gasteiger partial charge in [0.2, 0.25) is 0 Å². The van der Waals surface area contributed by atoms with Crippen LogP contribution in [0.1, 0.15) is 61.6 Å². The molecular weight excluding hydrogens is 226 g/mol. The Morgan fingerprint density at radius 3 is 3.00 bits per heavy atom. The van der Waals surface area contributed by atoms with Crippen molar-refractivity contribution >= 4 is 5.78 Å². The van der Waals surface area contributed by atoms with E-state index in [0.29, 0.717) is 11.8 Å².